The first-order chi connectivity index (χ1) is 17.7. The lowest BCUT2D eigenvalue weighted by atomic mass is 10.0. The molecule has 1 aromatic heterocycles. The van der Waals surface area contributed by atoms with Gasteiger partial charge in [0.1, 0.15) is 18.1 Å². The molecule has 0 radical (unpaired) electrons. The highest BCUT2D eigenvalue weighted by molar-refractivity contribution is 7.89. The van der Waals surface area contributed by atoms with E-state index in [1.165, 1.54) is 12.1 Å². The van der Waals surface area contributed by atoms with E-state index in [2.05, 4.69) is 10.3 Å². The molecule has 0 spiro atoms. The number of carbonyl (C=O) groups is 1. The van der Waals surface area contributed by atoms with Gasteiger partial charge in [-0.05, 0) is 24.0 Å². The minimum Gasteiger partial charge on any atom is -0.593 e. The Morgan fingerprint density at radius 2 is 1.73 bits per heavy atom. The number of aromatic hydroxyl groups is 2. The summed E-state index contributed by atoms with van der Waals surface area (Å²) in [4.78, 5) is 16.8. The number of ether oxygens (including phenoxy) is 1. The van der Waals surface area contributed by atoms with Gasteiger partial charge in [-0.25, -0.2) is 4.79 Å². The predicted octanol–water partition coefficient (Wildman–Crippen LogP) is 3.37. The van der Waals surface area contributed by atoms with Gasteiger partial charge in [-0.3, -0.25) is 4.98 Å². The number of nitrogens with zero attached hydrogens (tertiary/aromatic N) is 2. The van der Waals surface area contributed by atoms with Crippen molar-refractivity contribution in [3.05, 3.63) is 84.2 Å². The maximum absolute atomic E-state index is 13.4. The molecule has 3 aromatic rings. The molecule has 1 unspecified atom stereocenters. The van der Waals surface area contributed by atoms with E-state index in [9.17, 15) is 24.7 Å². The van der Waals surface area contributed by atoms with Crippen LogP contribution in [0.5, 0.6) is 11.5 Å². The van der Waals surface area contributed by atoms with Crippen LogP contribution in [-0.2, 0) is 29.1 Å². The number of amides is 1. The molecule has 10 heteroatoms. The van der Waals surface area contributed by atoms with Gasteiger partial charge in [-0.1, -0.05) is 50.2 Å². The van der Waals surface area contributed by atoms with E-state index in [1.54, 1.807) is 28.8 Å². The number of hydrogen-bond donors (Lipinski definition) is 4. The van der Waals surface area contributed by atoms with Crippen LogP contribution in [0.1, 0.15) is 25.0 Å². The summed E-state index contributed by atoms with van der Waals surface area (Å²) in [5.41, 5.74) is 1.62. The summed E-state index contributed by atoms with van der Waals surface area (Å²) in [6.45, 7) is 4.25. The maximum atomic E-state index is 13.4. The molecule has 3 rings (SSSR count). The van der Waals surface area contributed by atoms with Gasteiger partial charge in [0.2, 0.25) is 0 Å². The van der Waals surface area contributed by atoms with Crippen molar-refractivity contribution in [2.24, 2.45) is 5.92 Å². The van der Waals surface area contributed by atoms with Crippen molar-refractivity contribution in [1.29, 1.82) is 0 Å². The van der Waals surface area contributed by atoms with E-state index in [0.717, 1.165) is 17.2 Å². The molecular formula is C27H33N3O6S. The first kappa shape index (κ1) is 28.3. The third kappa shape index (κ3) is 9.25. The Balaban J connectivity index is 1.75. The van der Waals surface area contributed by atoms with Gasteiger partial charge < -0.3 is 29.9 Å². The van der Waals surface area contributed by atoms with Crippen molar-refractivity contribution in [2.45, 2.75) is 43.9 Å². The zero-order valence-electron chi connectivity index (χ0n) is 20.9. The lowest BCUT2D eigenvalue weighted by Crippen LogP contribution is -2.51. The van der Waals surface area contributed by atoms with Crippen LogP contribution < -0.4 is 5.32 Å². The Labute approximate surface area is 220 Å². The number of rotatable bonds is 12. The number of aliphatic hydroxyl groups is 1. The molecule has 0 saturated carbocycles. The SMILES string of the molecule is CC(C)CN(C[C@@H](O)[C@H](Cc1ccccc1)NC(=O)OCc1cccnc1)[S+]([O-])c1cc(O)cc(O)c1. The van der Waals surface area contributed by atoms with Crippen molar-refractivity contribution in [1.82, 2.24) is 14.6 Å². The highest BCUT2D eigenvalue weighted by Crippen LogP contribution is 2.27. The molecule has 0 aliphatic heterocycles. The Bertz CT molecular complexity index is 1100. The van der Waals surface area contributed by atoms with Crippen LogP contribution in [0.4, 0.5) is 4.79 Å². The van der Waals surface area contributed by atoms with Gasteiger partial charge in [0.05, 0.1) is 30.1 Å². The van der Waals surface area contributed by atoms with E-state index in [1.807, 2.05) is 44.2 Å². The number of aliphatic hydroxyl groups excluding tert-OH is 1. The molecule has 2 aromatic carbocycles. The van der Waals surface area contributed by atoms with Crippen LogP contribution in [0.25, 0.3) is 0 Å². The van der Waals surface area contributed by atoms with Gasteiger partial charge in [-0.2, -0.15) is 0 Å². The number of phenolic OH excluding ortho intramolecular Hbond substituents is 2. The van der Waals surface area contributed by atoms with Crippen LogP contribution in [-0.4, -0.2) is 60.5 Å². The molecular weight excluding hydrogens is 494 g/mol. The summed E-state index contributed by atoms with van der Waals surface area (Å²) in [5, 5.41) is 33.7. The van der Waals surface area contributed by atoms with E-state index >= 15 is 0 Å². The van der Waals surface area contributed by atoms with Crippen LogP contribution in [0, 0.1) is 5.92 Å². The second-order valence-electron chi connectivity index (χ2n) is 9.12. The van der Waals surface area contributed by atoms with E-state index < -0.39 is 29.6 Å². The van der Waals surface area contributed by atoms with Crippen molar-refractivity contribution in [2.75, 3.05) is 13.1 Å². The second-order valence-corrected chi connectivity index (χ2v) is 10.6. The number of carbonyl (C=O) groups excluding carboxylic acids is 1. The lowest BCUT2D eigenvalue weighted by Gasteiger charge is -2.31. The van der Waals surface area contributed by atoms with Crippen LogP contribution in [0.15, 0.2) is 78.0 Å². The molecule has 9 nitrogen and oxygen atoms in total. The van der Waals surface area contributed by atoms with Gasteiger partial charge in [-0.15, -0.1) is 4.31 Å². The molecule has 4 N–H and O–H groups in total. The fourth-order valence-electron chi connectivity index (χ4n) is 3.75. The van der Waals surface area contributed by atoms with Crippen LogP contribution in [0.3, 0.4) is 0 Å². The molecule has 198 valence electrons. The summed E-state index contributed by atoms with van der Waals surface area (Å²) in [7, 11) is 0. The van der Waals surface area contributed by atoms with Gasteiger partial charge in [0, 0.05) is 42.7 Å². The van der Waals surface area contributed by atoms with Crippen molar-refractivity contribution >= 4 is 17.5 Å². The van der Waals surface area contributed by atoms with Crippen LogP contribution in [0.2, 0.25) is 0 Å². The zero-order chi connectivity index (χ0) is 26.8. The number of nitrogens with one attached hydrogen (secondary N) is 1. The standard InChI is InChI=1S/C27H33N3O6S/c1-19(2)16-30(37(35)24-13-22(31)12-23(32)14-24)17-26(33)25(11-20-7-4-3-5-8-20)29-27(34)36-18-21-9-6-10-28-15-21/h3-10,12-15,19,25-26,31-33H,11,16-18H2,1-2H3,(H,29,34)/t25-,26+,37?/m0/s1. The molecule has 1 heterocycles. The number of pyridine rings is 1. The second kappa shape index (κ2) is 13.8. The summed E-state index contributed by atoms with van der Waals surface area (Å²) in [6, 6.07) is 16.0. The number of phenols is 2. The third-order valence-corrected chi connectivity index (χ3v) is 6.84. The van der Waals surface area contributed by atoms with Crippen molar-refractivity contribution in [3.8, 4) is 11.5 Å². The van der Waals surface area contributed by atoms with Crippen LogP contribution >= 0.6 is 0 Å². The minimum atomic E-state index is -1.78. The smallest absolute Gasteiger partial charge is 0.407 e. The summed E-state index contributed by atoms with van der Waals surface area (Å²) < 4.78 is 20.3. The fraction of sp³-hybridized carbons (Fsp3) is 0.333. The Hall–Kier alpha value is -3.31. The topological polar surface area (TPSA) is 138 Å². The minimum absolute atomic E-state index is 0.0261. The number of hydrogen-bond acceptors (Lipinski definition) is 8. The highest BCUT2D eigenvalue weighted by atomic mass is 32.2. The Morgan fingerprint density at radius 3 is 2.35 bits per heavy atom. The normalized spacial score (nSPS) is 13.8. The van der Waals surface area contributed by atoms with Gasteiger partial charge >= 0.3 is 6.09 Å². The molecule has 3 atom stereocenters. The van der Waals surface area contributed by atoms with Crippen molar-refractivity contribution < 1.29 is 29.4 Å². The summed E-state index contributed by atoms with van der Waals surface area (Å²) in [6.07, 6.45) is 1.74. The highest BCUT2D eigenvalue weighted by Gasteiger charge is 2.31. The molecule has 0 aliphatic carbocycles. The molecule has 0 fully saturated rings. The number of aromatic nitrogens is 1. The quantitative estimate of drug-likeness (QED) is 0.263. The Morgan fingerprint density at radius 1 is 1.05 bits per heavy atom. The third-order valence-electron chi connectivity index (χ3n) is 5.43. The van der Waals surface area contributed by atoms with E-state index in [-0.39, 0.29) is 35.5 Å². The first-order valence-corrected chi connectivity index (χ1v) is 13.1. The molecule has 0 saturated heterocycles. The maximum Gasteiger partial charge on any atom is 0.407 e. The number of alkyl carbamates (subject to hydrolysis) is 1. The Kier molecular flexibility index (Phi) is 10.6. The van der Waals surface area contributed by atoms with Crippen molar-refractivity contribution in [3.63, 3.8) is 0 Å². The largest absolute Gasteiger partial charge is 0.593 e. The van der Waals surface area contributed by atoms with E-state index in [4.69, 9.17) is 4.74 Å². The molecule has 0 bridgehead atoms. The van der Waals surface area contributed by atoms with E-state index in [0.29, 0.717) is 13.0 Å². The van der Waals surface area contributed by atoms with Gasteiger partial charge in [0.25, 0.3) is 0 Å². The first-order valence-electron chi connectivity index (χ1n) is 11.9. The predicted molar refractivity (Wildman–Crippen MR) is 140 cm³/mol. The lowest BCUT2D eigenvalue weighted by molar-refractivity contribution is 0.0873. The summed E-state index contributed by atoms with van der Waals surface area (Å²) >= 11 is -1.78. The molecule has 1 amide bonds. The molecule has 0 aliphatic rings. The monoisotopic (exact) mass is 527 g/mol. The van der Waals surface area contributed by atoms with Gasteiger partial charge in [0.15, 0.2) is 4.90 Å². The number of benzene rings is 2. The average molecular weight is 528 g/mol. The molecule has 37 heavy (non-hydrogen) atoms. The summed E-state index contributed by atoms with van der Waals surface area (Å²) in [5.74, 6) is -0.325. The average Bonchev–Trinajstić information content (AvgIpc) is 2.86. The fourth-order valence-corrected chi connectivity index (χ4v) is 5.21. The zero-order valence-corrected chi connectivity index (χ0v) is 21.7.